The lowest BCUT2D eigenvalue weighted by Gasteiger charge is -2.16. The van der Waals surface area contributed by atoms with Crippen LogP contribution in [0.4, 0.5) is 0 Å². The molecular formula is C19H25NO. The molecule has 1 atom stereocenters. The Morgan fingerprint density at radius 3 is 2.33 bits per heavy atom. The number of aryl methyl sites for hydroxylation is 1. The summed E-state index contributed by atoms with van der Waals surface area (Å²) in [5, 5.41) is 3.56. The van der Waals surface area contributed by atoms with Crippen molar-refractivity contribution in [2.75, 3.05) is 0 Å². The summed E-state index contributed by atoms with van der Waals surface area (Å²) in [4.78, 5) is 0. The molecule has 21 heavy (non-hydrogen) atoms. The van der Waals surface area contributed by atoms with Crippen molar-refractivity contribution in [2.45, 2.75) is 46.4 Å². The molecule has 0 bridgehead atoms. The van der Waals surface area contributed by atoms with Gasteiger partial charge in [0.05, 0.1) is 6.10 Å². The summed E-state index contributed by atoms with van der Waals surface area (Å²) in [5.41, 5.74) is 3.90. The first-order valence-corrected chi connectivity index (χ1v) is 7.60. The van der Waals surface area contributed by atoms with E-state index in [1.165, 1.54) is 16.7 Å². The standard InChI is InChI=1S/C19H25NO/c1-14(2)21-19-10-8-18(9-11-19)16(4)20-13-17-7-5-6-15(3)12-17/h5-12,14,16,20H,13H2,1-4H3. The molecule has 0 saturated carbocycles. The highest BCUT2D eigenvalue weighted by molar-refractivity contribution is 5.29. The minimum Gasteiger partial charge on any atom is -0.491 e. The summed E-state index contributed by atoms with van der Waals surface area (Å²) >= 11 is 0. The van der Waals surface area contributed by atoms with E-state index in [1.54, 1.807) is 0 Å². The quantitative estimate of drug-likeness (QED) is 0.834. The van der Waals surface area contributed by atoms with E-state index in [0.29, 0.717) is 6.04 Å². The van der Waals surface area contributed by atoms with Crippen molar-refractivity contribution < 1.29 is 4.74 Å². The summed E-state index contributed by atoms with van der Waals surface area (Å²) in [6.07, 6.45) is 0.215. The molecule has 0 aliphatic carbocycles. The Bertz CT molecular complexity index is 560. The highest BCUT2D eigenvalue weighted by atomic mass is 16.5. The summed E-state index contributed by atoms with van der Waals surface area (Å²) in [6, 6.07) is 17.3. The van der Waals surface area contributed by atoms with Crippen LogP contribution in [0.3, 0.4) is 0 Å². The molecule has 0 radical (unpaired) electrons. The maximum atomic E-state index is 5.67. The van der Waals surface area contributed by atoms with Gasteiger partial charge in [0.25, 0.3) is 0 Å². The number of hydrogen-bond acceptors (Lipinski definition) is 2. The fourth-order valence-electron chi connectivity index (χ4n) is 2.32. The summed E-state index contributed by atoms with van der Waals surface area (Å²) in [7, 11) is 0. The van der Waals surface area contributed by atoms with Gasteiger partial charge in [-0.05, 0) is 51.0 Å². The molecule has 0 spiro atoms. The number of benzene rings is 2. The lowest BCUT2D eigenvalue weighted by molar-refractivity contribution is 0.242. The molecule has 0 aromatic heterocycles. The topological polar surface area (TPSA) is 21.3 Å². The van der Waals surface area contributed by atoms with Gasteiger partial charge in [0, 0.05) is 12.6 Å². The van der Waals surface area contributed by atoms with Crippen molar-refractivity contribution in [3.8, 4) is 5.75 Å². The van der Waals surface area contributed by atoms with Gasteiger partial charge < -0.3 is 10.1 Å². The third-order valence-corrected chi connectivity index (χ3v) is 3.45. The average molecular weight is 283 g/mol. The Labute approximate surface area is 128 Å². The van der Waals surface area contributed by atoms with Crippen molar-refractivity contribution in [1.29, 1.82) is 0 Å². The van der Waals surface area contributed by atoms with Gasteiger partial charge in [0.2, 0.25) is 0 Å². The van der Waals surface area contributed by atoms with Crippen LogP contribution in [0, 0.1) is 6.92 Å². The van der Waals surface area contributed by atoms with Crippen molar-refractivity contribution in [3.63, 3.8) is 0 Å². The lowest BCUT2D eigenvalue weighted by atomic mass is 10.1. The van der Waals surface area contributed by atoms with Gasteiger partial charge in [-0.25, -0.2) is 0 Å². The van der Waals surface area contributed by atoms with Crippen molar-refractivity contribution in [3.05, 3.63) is 65.2 Å². The van der Waals surface area contributed by atoms with Gasteiger partial charge in [-0.2, -0.15) is 0 Å². The van der Waals surface area contributed by atoms with Crippen LogP contribution in [0.2, 0.25) is 0 Å². The van der Waals surface area contributed by atoms with E-state index in [9.17, 15) is 0 Å². The maximum absolute atomic E-state index is 5.67. The van der Waals surface area contributed by atoms with Crippen molar-refractivity contribution in [2.24, 2.45) is 0 Å². The van der Waals surface area contributed by atoms with E-state index in [0.717, 1.165) is 12.3 Å². The highest BCUT2D eigenvalue weighted by Crippen LogP contribution is 2.19. The molecule has 2 nitrogen and oxygen atoms in total. The van der Waals surface area contributed by atoms with Gasteiger partial charge in [-0.1, -0.05) is 42.0 Å². The molecule has 2 rings (SSSR count). The Morgan fingerprint density at radius 1 is 1.00 bits per heavy atom. The van der Waals surface area contributed by atoms with Crippen LogP contribution in [0.1, 0.15) is 43.5 Å². The monoisotopic (exact) mass is 283 g/mol. The predicted molar refractivity (Wildman–Crippen MR) is 88.6 cm³/mol. The van der Waals surface area contributed by atoms with E-state index in [4.69, 9.17) is 4.74 Å². The smallest absolute Gasteiger partial charge is 0.119 e. The van der Waals surface area contributed by atoms with E-state index in [1.807, 2.05) is 26.0 Å². The fourth-order valence-corrected chi connectivity index (χ4v) is 2.32. The number of ether oxygens (including phenoxy) is 1. The first-order valence-electron chi connectivity index (χ1n) is 7.60. The molecule has 0 fully saturated rings. The van der Waals surface area contributed by atoms with Gasteiger partial charge in [0.1, 0.15) is 5.75 Å². The summed E-state index contributed by atoms with van der Waals surface area (Å²) in [6.45, 7) is 9.28. The Kier molecular flexibility index (Phi) is 5.40. The van der Waals surface area contributed by atoms with Crippen molar-refractivity contribution >= 4 is 0 Å². The maximum Gasteiger partial charge on any atom is 0.119 e. The van der Waals surface area contributed by atoms with E-state index in [2.05, 4.69) is 55.6 Å². The Hall–Kier alpha value is -1.80. The Balaban J connectivity index is 1.92. The van der Waals surface area contributed by atoms with Crippen molar-refractivity contribution in [1.82, 2.24) is 5.32 Å². The molecule has 0 aliphatic rings. The minimum atomic E-state index is 0.215. The van der Waals surface area contributed by atoms with Gasteiger partial charge >= 0.3 is 0 Å². The fraction of sp³-hybridized carbons (Fsp3) is 0.368. The largest absolute Gasteiger partial charge is 0.491 e. The van der Waals surface area contributed by atoms with E-state index in [-0.39, 0.29) is 6.10 Å². The molecule has 1 unspecified atom stereocenters. The zero-order valence-electron chi connectivity index (χ0n) is 13.4. The van der Waals surface area contributed by atoms with Gasteiger partial charge in [-0.3, -0.25) is 0 Å². The van der Waals surface area contributed by atoms with Crippen LogP contribution >= 0.6 is 0 Å². The van der Waals surface area contributed by atoms with Crippen LogP contribution in [0.25, 0.3) is 0 Å². The van der Waals surface area contributed by atoms with E-state index >= 15 is 0 Å². The first kappa shape index (κ1) is 15.6. The van der Waals surface area contributed by atoms with E-state index < -0.39 is 0 Å². The van der Waals surface area contributed by atoms with Gasteiger partial charge in [-0.15, -0.1) is 0 Å². The summed E-state index contributed by atoms with van der Waals surface area (Å²) < 4.78 is 5.67. The second-order valence-electron chi connectivity index (χ2n) is 5.83. The summed E-state index contributed by atoms with van der Waals surface area (Å²) in [5.74, 6) is 0.930. The minimum absolute atomic E-state index is 0.215. The molecule has 0 heterocycles. The molecule has 2 aromatic rings. The van der Waals surface area contributed by atoms with Crippen LogP contribution < -0.4 is 10.1 Å². The molecule has 2 aromatic carbocycles. The molecule has 1 N–H and O–H groups in total. The third kappa shape index (κ3) is 4.91. The number of hydrogen-bond donors (Lipinski definition) is 1. The SMILES string of the molecule is Cc1cccc(CNC(C)c2ccc(OC(C)C)cc2)c1. The molecule has 0 saturated heterocycles. The normalized spacial score (nSPS) is 12.4. The molecule has 112 valence electrons. The van der Waals surface area contributed by atoms with Crippen LogP contribution in [-0.4, -0.2) is 6.10 Å². The molecule has 0 aliphatic heterocycles. The highest BCUT2D eigenvalue weighted by Gasteiger charge is 2.06. The average Bonchev–Trinajstić information content (AvgIpc) is 2.45. The molecule has 2 heteroatoms. The zero-order chi connectivity index (χ0) is 15.2. The Morgan fingerprint density at radius 2 is 1.71 bits per heavy atom. The lowest BCUT2D eigenvalue weighted by Crippen LogP contribution is -2.18. The van der Waals surface area contributed by atoms with Gasteiger partial charge in [0.15, 0.2) is 0 Å². The second kappa shape index (κ2) is 7.28. The first-order chi connectivity index (χ1) is 10.0. The van der Waals surface area contributed by atoms with Crippen LogP contribution in [-0.2, 0) is 6.54 Å². The van der Waals surface area contributed by atoms with Crippen LogP contribution in [0.5, 0.6) is 5.75 Å². The predicted octanol–water partition coefficient (Wildman–Crippen LogP) is 4.63. The molecular weight excluding hydrogens is 258 g/mol. The number of rotatable bonds is 6. The zero-order valence-corrected chi connectivity index (χ0v) is 13.4. The van der Waals surface area contributed by atoms with Crippen LogP contribution in [0.15, 0.2) is 48.5 Å². The third-order valence-electron chi connectivity index (χ3n) is 3.45. The second-order valence-corrected chi connectivity index (χ2v) is 5.83. The molecule has 0 amide bonds. The number of nitrogens with one attached hydrogen (secondary N) is 1.